The highest BCUT2D eigenvalue weighted by Gasteiger charge is 2.18. The summed E-state index contributed by atoms with van der Waals surface area (Å²) in [4.78, 5) is 24.1. The van der Waals surface area contributed by atoms with Gasteiger partial charge in [-0.3, -0.25) is 4.79 Å². The molecule has 0 saturated carbocycles. The highest BCUT2D eigenvalue weighted by atomic mass is 32.2. The number of ether oxygens (including phenoxy) is 2. The quantitative estimate of drug-likeness (QED) is 0.391. The number of hydrogen-bond donors (Lipinski definition) is 0. The molecule has 0 N–H and O–H groups in total. The Hall–Kier alpha value is -2.00. The van der Waals surface area contributed by atoms with Crippen LogP contribution in [0.2, 0.25) is 0 Å². The van der Waals surface area contributed by atoms with Crippen molar-refractivity contribution in [2.75, 3.05) is 19.0 Å². The summed E-state index contributed by atoms with van der Waals surface area (Å²) in [6.45, 7) is 4.14. The van der Waals surface area contributed by atoms with Crippen molar-refractivity contribution in [1.82, 2.24) is 0 Å². The highest BCUT2D eigenvalue weighted by molar-refractivity contribution is 7.99. The molecule has 0 aromatic heterocycles. The van der Waals surface area contributed by atoms with Gasteiger partial charge in [0.2, 0.25) is 0 Å². The molecule has 1 aromatic carbocycles. The van der Waals surface area contributed by atoms with Gasteiger partial charge in [-0.2, -0.15) is 5.26 Å². The third-order valence-electron chi connectivity index (χ3n) is 3.00. The molecular weight excluding hydrogens is 314 g/mol. The summed E-state index contributed by atoms with van der Waals surface area (Å²) in [7, 11) is 0. The average molecular weight is 335 g/mol. The fourth-order valence-electron chi connectivity index (χ4n) is 1.86. The van der Waals surface area contributed by atoms with Gasteiger partial charge in [0, 0.05) is 4.90 Å². The average Bonchev–Trinajstić information content (AvgIpc) is 2.56. The Morgan fingerprint density at radius 3 is 2.39 bits per heavy atom. The first-order valence-corrected chi connectivity index (χ1v) is 8.57. The van der Waals surface area contributed by atoms with Gasteiger partial charge in [-0.1, -0.05) is 0 Å². The van der Waals surface area contributed by atoms with Crippen LogP contribution in [0, 0.1) is 17.2 Å². The molecule has 0 aliphatic heterocycles. The summed E-state index contributed by atoms with van der Waals surface area (Å²) in [6.07, 6.45) is 1.23. The van der Waals surface area contributed by atoms with Gasteiger partial charge < -0.3 is 9.47 Å². The van der Waals surface area contributed by atoms with Crippen LogP contribution in [-0.4, -0.2) is 30.9 Å². The number of rotatable bonds is 9. The Morgan fingerprint density at radius 1 is 1.17 bits per heavy atom. The molecule has 1 rings (SSSR count). The van der Waals surface area contributed by atoms with E-state index >= 15 is 0 Å². The van der Waals surface area contributed by atoms with Crippen LogP contribution in [0.15, 0.2) is 29.2 Å². The van der Waals surface area contributed by atoms with E-state index in [1.54, 1.807) is 37.7 Å². The van der Waals surface area contributed by atoms with Gasteiger partial charge in [0.25, 0.3) is 0 Å². The molecule has 0 aliphatic carbocycles. The molecule has 0 aliphatic rings. The summed E-state index contributed by atoms with van der Waals surface area (Å²) in [5, 5.41) is 8.96. The monoisotopic (exact) mass is 335 g/mol. The van der Waals surface area contributed by atoms with Crippen LogP contribution in [0.25, 0.3) is 0 Å². The number of carbonyl (C=O) groups is 2. The van der Waals surface area contributed by atoms with Gasteiger partial charge >= 0.3 is 11.9 Å². The second kappa shape index (κ2) is 10.7. The summed E-state index contributed by atoms with van der Waals surface area (Å²) in [5.41, 5.74) is 0.531. The zero-order valence-corrected chi connectivity index (χ0v) is 14.2. The lowest BCUT2D eigenvalue weighted by molar-refractivity contribution is -0.146. The van der Waals surface area contributed by atoms with Gasteiger partial charge in [-0.25, -0.2) is 4.79 Å². The minimum Gasteiger partial charge on any atom is -0.465 e. The van der Waals surface area contributed by atoms with Crippen LogP contribution >= 0.6 is 11.8 Å². The number of benzene rings is 1. The van der Waals surface area contributed by atoms with Crippen LogP contribution in [0.4, 0.5) is 0 Å². The molecule has 0 spiro atoms. The number of esters is 2. The fraction of sp³-hybridized carbons (Fsp3) is 0.471. The van der Waals surface area contributed by atoms with E-state index in [9.17, 15) is 9.59 Å². The normalized spacial score (nSPS) is 11.3. The van der Waals surface area contributed by atoms with E-state index in [4.69, 9.17) is 14.7 Å². The zero-order chi connectivity index (χ0) is 17.1. The Bertz CT molecular complexity index is 551. The summed E-state index contributed by atoms with van der Waals surface area (Å²) in [6, 6.07) is 9.18. The molecule has 5 nitrogen and oxygen atoms in total. The number of nitriles is 1. The fourth-order valence-corrected chi connectivity index (χ4v) is 2.73. The van der Waals surface area contributed by atoms with Gasteiger partial charge in [0.05, 0.1) is 24.8 Å². The summed E-state index contributed by atoms with van der Waals surface area (Å²) < 4.78 is 9.78. The second-order valence-electron chi connectivity index (χ2n) is 4.67. The third-order valence-corrected chi connectivity index (χ3v) is 4.10. The molecule has 0 amide bonds. The van der Waals surface area contributed by atoms with E-state index in [1.807, 2.05) is 18.2 Å². The minimum atomic E-state index is -0.693. The number of nitrogens with zero attached hydrogens (tertiary/aromatic N) is 1. The number of thioether (sulfide) groups is 1. The lowest BCUT2D eigenvalue weighted by atomic mass is 10.1. The molecule has 0 bridgehead atoms. The van der Waals surface area contributed by atoms with E-state index in [1.165, 1.54) is 0 Å². The molecule has 1 atom stereocenters. The van der Waals surface area contributed by atoms with Gasteiger partial charge in [0.1, 0.15) is 5.92 Å². The largest absolute Gasteiger partial charge is 0.465 e. The maximum atomic E-state index is 11.5. The second-order valence-corrected chi connectivity index (χ2v) is 5.84. The van der Waals surface area contributed by atoms with E-state index in [2.05, 4.69) is 0 Å². The van der Waals surface area contributed by atoms with Gasteiger partial charge in [0.15, 0.2) is 0 Å². The van der Waals surface area contributed by atoms with Crippen molar-refractivity contribution in [1.29, 1.82) is 5.26 Å². The van der Waals surface area contributed by atoms with Crippen LogP contribution < -0.4 is 0 Å². The molecule has 6 heteroatoms. The Kier molecular flexibility index (Phi) is 8.85. The minimum absolute atomic E-state index is 0.290. The molecule has 0 unspecified atom stereocenters. The molecule has 0 radical (unpaired) electrons. The maximum absolute atomic E-state index is 11.5. The standard InChI is InChI=1S/C17H21NO4S/c1-3-21-16(19)13-7-9-15(10-8-13)23-11-5-6-14(12-18)17(20)22-4-2/h7-10,14H,3-6,11H2,1-2H3/t14-/m1/s1. The van der Waals surface area contributed by atoms with E-state index in [0.29, 0.717) is 25.2 Å². The first kappa shape index (κ1) is 19.0. The van der Waals surface area contributed by atoms with Crippen molar-refractivity contribution in [2.45, 2.75) is 31.6 Å². The molecule has 0 saturated heterocycles. The molecule has 0 heterocycles. The summed E-state index contributed by atoms with van der Waals surface area (Å²) in [5.74, 6) is -0.674. The lowest BCUT2D eigenvalue weighted by Crippen LogP contribution is -2.16. The first-order valence-electron chi connectivity index (χ1n) is 7.58. The molecule has 124 valence electrons. The zero-order valence-electron chi connectivity index (χ0n) is 13.4. The topological polar surface area (TPSA) is 76.4 Å². The molecule has 23 heavy (non-hydrogen) atoms. The SMILES string of the molecule is CCOC(=O)c1ccc(SCCC[C@H](C#N)C(=O)OCC)cc1. The number of carbonyl (C=O) groups excluding carboxylic acids is 2. The van der Waals surface area contributed by atoms with E-state index in [-0.39, 0.29) is 5.97 Å². The van der Waals surface area contributed by atoms with E-state index < -0.39 is 11.9 Å². The lowest BCUT2D eigenvalue weighted by Gasteiger charge is -2.08. The predicted molar refractivity (Wildman–Crippen MR) is 88.1 cm³/mol. The molecule has 0 fully saturated rings. The maximum Gasteiger partial charge on any atom is 0.338 e. The van der Waals surface area contributed by atoms with Crippen molar-refractivity contribution in [3.05, 3.63) is 29.8 Å². The van der Waals surface area contributed by atoms with Crippen molar-refractivity contribution >= 4 is 23.7 Å². The first-order chi connectivity index (χ1) is 11.1. The van der Waals surface area contributed by atoms with Crippen LogP contribution in [0.1, 0.15) is 37.0 Å². The summed E-state index contributed by atoms with van der Waals surface area (Å²) >= 11 is 1.62. The smallest absolute Gasteiger partial charge is 0.338 e. The highest BCUT2D eigenvalue weighted by Crippen LogP contribution is 2.21. The van der Waals surface area contributed by atoms with Crippen LogP contribution in [0.5, 0.6) is 0 Å². The number of hydrogen-bond acceptors (Lipinski definition) is 6. The molecular formula is C17H21NO4S. The molecule has 1 aromatic rings. The Morgan fingerprint density at radius 2 is 1.83 bits per heavy atom. The Labute approximate surface area is 141 Å². The van der Waals surface area contributed by atoms with Crippen molar-refractivity contribution in [3.8, 4) is 6.07 Å². The third kappa shape index (κ3) is 6.74. The van der Waals surface area contributed by atoms with Crippen LogP contribution in [0.3, 0.4) is 0 Å². The Balaban J connectivity index is 2.37. The van der Waals surface area contributed by atoms with Gasteiger partial charge in [-0.05, 0) is 56.7 Å². The van der Waals surface area contributed by atoms with Crippen molar-refractivity contribution in [2.24, 2.45) is 5.92 Å². The van der Waals surface area contributed by atoms with Gasteiger partial charge in [-0.15, -0.1) is 11.8 Å². The van der Waals surface area contributed by atoms with Crippen LogP contribution in [-0.2, 0) is 14.3 Å². The van der Waals surface area contributed by atoms with Crippen molar-refractivity contribution in [3.63, 3.8) is 0 Å². The van der Waals surface area contributed by atoms with Crippen molar-refractivity contribution < 1.29 is 19.1 Å². The predicted octanol–water partition coefficient (Wildman–Crippen LogP) is 3.44. The van der Waals surface area contributed by atoms with E-state index in [0.717, 1.165) is 17.1 Å².